The largest absolute Gasteiger partial charge is 0.422 e. The summed E-state index contributed by atoms with van der Waals surface area (Å²) in [4.78, 5) is 4.73. The van der Waals surface area contributed by atoms with Gasteiger partial charge in [-0.05, 0) is 31.9 Å². The minimum Gasteiger partial charge on any atom is -0.422 e. The number of allylic oxidation sites excluding steroid dienone is 2. The summed E-state index contributed by atoms with van der Waals surface area (Å²) in [5.74, 6) is 0.734. The number of rotatable bonds is 0. The standard InChI is InChI=1S/C19H20N4O/c1-12-16-18(23-15-8-4-3-7-14(15)22-12)24-17(21)13(11-20)19(16)9-5-2-6-10-19/h3-4,7-8,22H,2,5-6,9-10,21H2,1H3. The van der Waals surface area contributed by atoms with E-state index >= 15 is 0 Å². The fourth-order valence-electron chi connectivity index (χ4n) is 4.24. The van der Waals surface area contributed by atoms with Crippen molar-refractivity contribution < 1.29 is 4.74 Å². The van der Waals surface area contributed by atoms with Gasteiger partial charge in [-0.3, -0.25) is 0 Å². The number of hydrogen-bond donors (Lipinski definition) is 2. The fourth-order valence-corrected chi connectivity index (χ4v) is 4.24. The number of nitriles is 1. The van der Waals surface area contributed by atoms with Gasteiger partial charge in [-0.2, -0.15) is 5.26 Å². The highest BCUT2D eigenvalue weighted by molar-refractivity contribution is 6.02. The Hall–Kier alpha value is -2.74. The summed E-state index contributed by atoms with van der Waals surface area (Å²) >= 11 is 0. The maximum atomic E-state index is 9.75. The number of nitrogens with one attached hydrogen (secondary N) is 1. The Morgan fingerprint density at radius 3 is 2.75 bits per heavy atom. The monoisotopic (exact) mass is 320 g/mol. The lowest BCUT2D eigenvalue weighted by atomic mass is 9.63. The molecule has 1 aromatic carbocycles. The number of hydrogen-bond acceptors (Lipinski definition) is 5. The highest BCUT2D eigenvalue weighted by Crippen LogP contribution is 2.53. The second-order valence-electron chi connectivity index (χ2n) is 6.65. The number of ether oxygens (including phenoxy) is 1. The molecule has 0 aromatic heterocycles. The van der Waals surface area contributed by atoms with Crippen LogP contribution < -0.4 is 11.1 Å². The molecule has 0 radical (unpaired) electrons. The highest BCUT2D eigenvalue weighted by Gasteiger charge is 2.49. The quantitative estimate of drug-likeness (QED) is 0.754. The molecule has 0 bridgehead atoms. The van der Waals surface area contributed by atoms with Gasteiger partial charge in [0.05, 0.1) is 11.4 Å². The molecular formula is C19H20N4O. The first-order valence-electron chi connectivity index (χ1n) is 8.40. The van der Waals surface area contributed by atoms with Crippen LogP contribution in [0, 0.1) is 16.7 Å². The molecular weight excluding hydrogens is 300 g/mol. The van der Waals surface area contributed by atoms with E-state index in [9.17, 15) is 5.26 Å². The zero-order chi connectivity index (χ0) is 16.7. The van der Waals surface area contributed by atoms with E-state index in [2.05, 4.69) is 11.4 Å². The molecule has 122 valence electrons. The van der Waals surface area contributed by atoms with Crippen molar-refractivity contribution in [3.8, 4) is 6.07 Å². The number of nitrogens with zero attached hydrogens (tertiary/aromatic N) is 2. The Labute approximate surface area is 141 Å². The molecule has 0 saturated heterocycles. The maximum absolute atomic E-state index is 9.75. The number of nitrogens with two attached hydrogens (primary N) is 1. The van der Waals surface area contributed by atoms with Crippen LogP contribution in [0.15, 0.2) is 52.0 Å². The Morgan fingerprint density at radius 1 is 1.25 bits per heavy atom. The van der Waals surface area contributed by atoms with E-state index in [-0.39, 0.29) is 11.3 Å². The lowest BCUT2D eigenvalue weighted by Crippen LogP contribution is -2.40. The van der Waals surface area contributed by atoms with Crippen molar-refractivity contribution in [3.05, 3.63) is 47.0 Å². The van der Waals surface area contributed by atoms with Gasteiger partial charge in [0.15, 0.2) is 0 Å². The van der Waals surface area contributed by atoms with Crippen molar-refractivity contribution in [1.29, 1.82) is 5.26 Å². The second-order valence-corrected chi connectivity index (χ2v) is 6.65. The first-order valence-corrected chi connectivity index (χ1v) is 8.40. The third-order valence-electron chi connectivity index (χ3n) is 5.27. The molecule has 1 spiro atoms. The molecule has 1 fully saturated rings. The topological polar surface area (TPSA) is 83.4 Å². The molecule has 0 atom stereocenters. The van der Waals surface area contributed by atoms with E-state index in [0.29, 0.717) is 11.5 Å². The van der Waals surface area contributed by atoms with Crippen LogP contribution in [-0.4, -0.2) is 5.90 Å². The van der Waals surface area contributed by atoms with Crippen molar-refractivity contribution in [2.45, 2.75) is 39.0 Å². The zero-order valence-corrected chi connectivity index (χ0v) is 13.7. The van der Waals surface area contributed by atoms with E-state index in [1.807, 2.05) is 31.2 Å². The Morgan fingerprint density at radius 2 is 2.00 bits per heavy atom. The number of anilines is 1. The van der Waals surface area contributed by atoms with Gasteiger partial charge in [-0.25, -0.2) is 4.99 Å². The summed E-state index contributed by atoms with van der Waals surface area (Å²) in [5, 5.41) is 13.2. The van der Waals surface area contributed by atoms with Gasteiger partial charge in [0.2, 0.25) is 11.8 Å². The summed E-state index contributed by atoms with van der Waals surface area (Å²) < 4.78 is 5.82. The number of aliphatic imine (C=N–C) groups is 1. The van der Waals surface area contributed by atoms with Crippen LogP contribution >= 0.6 is 0 Å². The van der Waals surface area contributed by atoms with Crippen molar-refractivity contribution in [2.24, 2.45) is 16.1 Å². The summed E-state index contributed by atoms with van der Waals surface area (Å²) in [5.41, 5.74) is 10.0. The van der Waals surface area contributed by atoms with Crippen molar-refractivity contribution >= 4 is 17.3 Å². The van der Waals surface area contributed by atoms with E-state index in [4.69, 9.17) is 15.5 Å². The van der Waals surface area contributed by atoms with Gasteiger partial charge < -0.3 is 15.8 Å². The van der Waals surface area contributed by atoms with Crippen LogP contribution in [0.3, 0.4) is 0 Å². The predicted octanol–water partition coefficient (Wildman–Crippen LogP) is 4.09. The molecule has 0 amide bonds. The first-order chi connectivity index (χ1) is 11.7. The summed E-state index contributed by atoms with van der Waals surface area (Å²) in [6.07, 6.45) is 5.16. The Balaban J connectivity index is 1.97. The molecule has 2 heterocycles. The van der Waals surface area contributed by atoms with Gasteiger partial charge in [0, 0.05) is 16.7 Å². The maximum Gasteiger partial charge on any atom is 0.227 e. The van der Waals surface area contributed by atoms with E-state index < -0.39 is 0 Å². The molecule has 24 heavy (non-hydrogen) atoms. The van der Waals surface area contributed by atoms with E-state index in [1.165, 1.54) is 6.42 Å². The third-order valence-corrected chi connectivity index (χ3v) is 5.27. The van der Waals surface area contributed by atoms with Crippen LogP contribution in [0.2, 0.25) is 0 Å². The molecule has 4 rings (SSSR count). The minimum absolute atomic E-state index is 0.203. The van der Waals surface area contributed by atoms with Crippen LogP contribution in [0.25, 0.3) is 0 Å². The van der Waals surface area contributed by atoms with E-state index in [1.54, 1.807) is 0 Å². The van der Waals surface area contributed by atoms with Crippen molar-refractivity contribution in [3.63, 3.8) is 0 Å². The van der Waals surface area contributed by atoms with Gasteiger partial charge in [-0.1, -0.05) is 31.4 Å². The van der Waals surface area contributed by atoms with Crippen molar-refractivity contribution in [1.82, 2.24) is 0 Å². The first kappa shape index (κ1) is 14.8. The number of benzene rings is 1. The van der Waals surface area contributed by atoms with Crippen LogP contribution in [0.1, 0.15) is 39.0 Å². The summed E-state index contributed by atoms with van der Waals surface area (Å²) in [6.45, 7) is 2.03. The average Bonchev–Trinajstić information content (AvgIpc) is 2.71. The zero-order valence-electron chi connectivity index (χ0n) is 13.7. The average molecular weight is 320 g/mol. The van der Waals surface area contributed by atoms with Crippen LogP contribution in [-0.2, 0) is 4.74 Å². The molecule has 5 heteroatoms. The Bertz CT molecular complexity index is 835. The van der Waals surface area contributed by atoms with Gasteiger partial charge in [-0.15, -0.1) is 0 Å². The number of para-hydroxylation sites is 2. The third kappa shape index (κ3) is 2.03. The molecule has 5 nitrogen and oxygen atoms in total. The predicted molar refractivity (Wildman–Crippen MR) is 93.3 cm³/mol. The molecule has 3 N–H and O–H groups in total. The van der Waals surface area contributed by atoms with Gasteiger partial charge in [0.25, 0.3) is 0 Å². The molecule has 1 aromatic rings. The van der Waals surface area contributed by atoms with Gasteiger partial charge >= 0.3 is 0 Å². The van der Waals surface area contributed by atoms with Crippen LogP contribution in [0.4, 0.5) is 11.4 Å². The molecule has 1 saturated carbocycles. The molecule has 0 unspecified atom stereocenters. The minimum atomic E-state index is -0.382. The molecule has 1 aliphatic carbocycles. The highest BCUT2D eigenvalue weighted by atomic mass is 16.5. The van der Waals surface area contributed by atoms with Crippen molar-refractivity contribution in [2.75, 3.05) is 5.32 Å². The smallest absolute Gasteiger partial charge is 0.227 e. The summed E-state index contributed by atoms with van der Waals surface area (Å²) in [6, 6.07) is 10.2. The normalized spacial score (nSPS) is 21.8. The summed E-state index contributed by atoms with van der Waals surface area (Å²) in [7, 11) is 0. The fraction of sp³-hybridized carbons (Fsp3) is 0.368. The molecule has 3 aliphatic rings. The SMILES string of the molecule is CC1=C2C(=Nc3ccccc3N1)OC(N)=C(C#N)C21CCCCC1. The van der Waals surface area contributed by atoms with Gasteiger partial charge in [0.1, 0.15) is 11.6 Å². The Kier molecular flexibility index (Phi) is 3.34. The second kappa shape index (κ2) is 5.41. The lowest BCUT2D eigenvalue weighted by molar-refractivity contribution is 0.256. The molecule has 2 aliphatic heterocycles. The number of fused-ring (bicyclic) bond motifs is 3. The van der Waals surface area contributed by atoms with E-state index in [0.717, 1.165) is 48.3 Å². The van der Waals surface area contributed by atoms with Crippen LogP contribution in [0.5, 0.6) is 0 Å². The lowest BCUT2D eigenvalue weighted by Gasteiger charge is -2.42.